The quantitative estimate of drug-likeness (QED) is 0.696. The summed E-state index contributed by atoms with van der Waals surface area (Å²) in [6, 6.07) is -0.00565. The van der Waals surface area contributed by atoms with Gasteiger partial charge in [-0.2, -0.15) is 0 Å². The highest BCUT2D eigenvalue weighted by Gasteiger charge is 2.61. The highest BCUT2D eigenvalue weighted by atomic mass is 19.3. The van der Waals surface area contributed by atoms with E-state index < -0.39 is 17.7 Å². The average Bonchev–Trinajstić information content (AvgIpc) is 2.59. The Labute approximate surface area is 70.3 Å². The summed E-state index contributed by atoms with van der Waals surface area (Å²) < 4.78 is 24.7. The fourth-order valence-electron chi connectivity index (χ4n) is 0.943. The van der Waals surface area contributed by atoms with Crippen LogP contribution in [-0.4, -0.2) is 17.9 Å². The van der Waals surface area contributed by atoms with Gasteiger partial charge in [-0.3, -0.25) is 4.79 Å². The largest absolute Gasteiger partial charge is 0.353 e. The number of carbonyl (C=O) groups is 1. The van der Waals surface area contributed by atoms with Crippen molar-refractivity contribution in [3.8, 4) is 0 Å². The minimum absolute atomic E-state index is 0.00565. The van der Waals surface area contributed by atoms with Gasteiger partial charge in [-0.15, -0.1) is 0 Å². The molecule has 1 fully saturated rings. The molecule has 0 aromatic rings. The molecule has 0 radical (unpaired) electrons. The maximum absolute atomic E-state index is 12.3. The van der Waals surface area contributed by atoms with Gasteiger partial charge in [0.1, 0.15) is 5.92 Å². The second-order valence-corrected chi connectivity index (χ2v) is 3.34. The van der Waals surface area contributed by atoms with Crippen LogP contribution in [0.25, 0.3) is 0 Å². The highest BCUT2D eigenvalue weighted by molar-refractivity contribution is 5.82. The van der Waals surface area contributed by atoms with Gasteiger partial charge in [0, 0.05) is 12.5 Å². The van der Waals surface area contributed by atoms with E-state index in [9.17, 15) is 13.6 Å². The zero-order valence-corrected chi connectivity index (χ0v) is 7.23. The SMILES string of the molecule is CCC(C)NC(=O)C1CC1(F)F. The molecule has 0 aromatic heterocycles. The second-order valence-electron chi connectivity index (χ2n) is 3.34. The van der Waals surface area contributed by atoms with Crippen molar-refractivity contribution in [1.29, 1.82) is 0 Å². The first-order valence-electron chi connectivity index (χ1n) is 4.15. The summed E-state index contributed by atoms with van der Waals surface area (Å²) in [6.45, 7) is 3.70. The first-order chi connectivity index (χ1) is 5.47. The molecule has 2 nitrogen and oxygen atoms in total. The molecule has 1 rings (SSSR count). The predicted molar refractivity (Wildman–Crippen MR) is 40.9 cm³/mol. The Hall–Kier alpha value is -0.670. The highest BCUT2D eigenvalue weighted by Crippen LogP contribution is 2.48. The van der Waals surface area contributed by atoms with Crippen LogP contribution in [0.3, 0.4) is 0 Å². The van der Waals surface area contributed by atoms with Crippen molar-refractivity contribution in [1.82, 2.24) is 5.32 Å². The van der Waals surface area contributed by atoms with Crippen LogP contribution in [0.15, 0.2) is 0 Å². The third-order valence-electron chi connectivity index (χ3n) is 2.14. The van der Waals surface area contributed by atoms with Crippen LogP contribution in [-0.2, 0) is 4.79 Å². The molecule has 12 heavy (non-hydrogen) atoms. The van der Waals surface area contributed by atoms with Gasteiger partial charge in [0.2, 0.25) is 5.91 Å². The number of amides is 1. The summed E-state index contributed by atoms with van der Waals surface area (Å²) in [4.78, 5) is 11.0. The minimum atomic E-state index is -2.74. The van der Waals surface area contributed by atoms with Crippen LogP contribution in [0, 0.1) is 5.92 Å². The van der Waals surface area contributed by atoms with Gasteiger partial charge in [0.05, 0.1) is 0 Å². The fraction of sp³-hybridized carbons (Fsp3) is 0.875. The molecule has 4 heteroatoms. The molecule has 1 aliphatic carbocycles. The molecule has 0 aromatic carbocycles. The number of carbonyl (C=O) groups excluding carboxylic acids is 1. The molecule has 0 saturated heterocycles. The van der Waals surface area contributed by atoms with Gasteiger partial charge < -0.3 is 5.32 Å². The van der Waals surface area contributed by atoms with E-state index in [2.05, 4.69) is 5.32 Å². The van der Waals surface area contributed by atoms with Gasteiger partial charge in [-0.1, -0.05) is 6.92 Å². The van der Waals surface area contributed by atoms with Gasteiger partial charge in [0.25, 0.3) is 5.92 Å². The van der Waals surface area contributed by atoms with Gasteiger partial charge in [-0.05, 0) is 13.3 Å². The van der Waals surface area contributed by atoms with Crippen molar-refractivity contribution in [2.45, 2.75) is 38.7 Å². The van der Waals surface area contributed by atoms with E-state index in [1.54, 1.807) is 6.92 Å². The smallest absolute Gasteiger partial charge is 0.260 e. The summed E-state index contributed by atoms with van der Waals surface area (Å²) in [5.74, 6) is -4.31. The van der Waals surface area contributed by atoms with E-state index in [1.165, 1.54) is 0 Å². The minimum Gasteiger partial charge on any atom is -0.353 e. The second kappa shape index (κ2) is 2.99. The number of alkyl halides is 2. The van der Waals surface area contributed by atoms with Crippen LogP contribution in [0.4, 0.5) is 8.78 Å². The summed E-state index contributed by atoms with van der Waals surface area (Å²) in [5, 5.41) is 2.53. The first-order valence-corrected chi connectivity index (χ1v) is 4.15. The van der Waals surface area contributed by atoms with E-state index >= 15 is 0 Å². The summed E-state index contributed by atoms with van der Waals surface area (Å²) in [6.07, 6.45) is 0.485. The molecule has 1 N–H and O–H groups in total. The van der Waals surface area contributed by atoms with Crippen molar-refractivity contribution in [2.24, 2.45) is 5.92 Å². The topological polar surface area (TPSA) is 29.1 Å². The molecule has 1 saturated carbocycles. The number of hydrogen-bond donors (Lipinski definition) is 1. The Bertz CT molecular complexity index is 193. The van der Waals surface area contributed by atoms with Crippen molar-refractivity contribution in [3.63, 3.8) is 0 Å². The molecule has 0 bridgehead atoms. The third-order valence-corrected chi connectivity index (χ3v) is 2.14. The molecule has 0 heterocycles. The normalized spacial score (nSPS) is 27.8. The van der Waals surface area contributed by atoms with E-state index in [-0.39, 0.29) is 12.5 Å². The van der Waals surface area contributed by atoms with Crippen LogP contribution in [0.2, 0.25) is 0 Å². The Morgan fingerprint density at radius 3 is 2.58 bits per heavy atom. The standard InChI is InChI=1S/C8H13F2NO/c1-3-5(2)11-7(12)6-4-8(6,9)10/h5-6H,3-4H2,1-2H3,(H,11,12). The van der Waals surface area contributed by atoms with Gasteiger partial charge in [0.15, 0.2) is 0 Å². The zero-order chi connectivity index (χ0) is 9.35. The molecule has 2 atom stereocenters. The lowest BCUT2D eigenvalue weighted by Crippen LogP contribution is -2.34. The summed E-state index contributed by atoms with van der Waals surface area (Å²) >= 11 is 0. The van der Waals surface area contributed by atoms with E-state index in [1.807, 2.05) is 6.92 Å². The van der Waals surface area contributed by atoms with Crippen molar-refractivity contribution in [3.05, 3.63) is 0 Å². The summed E-state index contributed by atoms with van der Waals surface area (Å²) in [7, 11) is 0. The van der Waals surface area contributed by atoms with E-state index in [0.29, 0.717) is 0 Å². The van der Waals surface area contributed by atoms with Gasteiger partial charge in [-0.25, -0.2) is 8.78 Å². The first kappa shape index (κ1) is 9.42. The van der Waals surface area contributed by atoms with Crippen molar-refractivity contribution < 1.29 is 13.6 Å². The van der Waals surface area contributed by atoms with Crippen LogP contribution in [0.1, 0.15) is 26.7 Å². The number of nitrogens with one attached hydrogen (secondary N) is 1. The predicted octanol–water partition coefficient (Wildman–Crippen LogP) is 1.56. The fourth-order valence-corrected chi connectivity index (χ4v) is 0.943. The number of hydrogen-bond acceptors (Lipinski definition) is 1. The Morgan fingerprint density at radius 2 is 2.25 bits per heavy atom. The maximum Gasteiger partial charge on any atom is 0.260 e. The Balaban J connectivity index is 2.32. The zero-order valence-electron chi connectivity index (χ0n) is 7.23. The molecule has 1 aliphatic rings. The van der Waals surface area contributed by atoms with Crippen LogP contribution in [0.5, 0.6) is 0 Å². The maximum atomic E-state index is 12.3. The molecule has 70 valence electrons. The molecule has 1 amide bonds. The molecule has 2 unspecified atom stereocenters. The third kappa shape index (κ3) is 1.93. The monoisotopic (exact) mass is 177 g/mol. The summed E-state index contributed by atoms with van der Waals surface area (Å²) in [5.41, 5.74) is 0. The van der Waals surface area contributed by atoms with E-state index in [4.69, 9.17) is 0 Å². The number of rotatable bonds is 3. The Kier molecular flexibility index (Phi) is 2.35. The average molecular weight is 177 g/mol. The van der Waals surface area contributed by atoms with E-state index in [0.717, 1.165) is 6.42 Å². The van der Waals surface area contributed by atoms with Crippen molar-refractivity contribution in [2.75, 3.05) is 0 Å². The lowest BCUT2D eigenvalue weighted by atomic mass is 10.2. The lowest BCUT2D eigenvalue weighted by molar-refractivity contribution is -0.125. The van der Waals surface area contributed by atoms with Crippen LogP contribution < -0.4 is 5.32 Å². The number of halogens is 2. The van der Waals surface area contributed by atoms with Crippen LogP contribution >= 0.6 is 0 Å². The molecular formula is C8H13F2NO. The molecular weight excluding hydrogens is 164 g/mol. The molecule has 0 aliphatic heterocycles. The lowest BCUT2D eigenvalue weighted by Gasteiger charge is -2.10. The van der Waals surface area contributed by atoms with Gasteiger partial charge >= 0.3 is 0 Å². The van der Waals surface area contributed by atoms with Crippen molar-refractivity contribution >= 4 is 5.91 Å². The molecule has 0 spiro atoms. The Morgan fingerprint density at radius 1 is 1.75 bits per heavy atom.